The van der Waals surface area contributed by atoms with Gasteiger partial charge >= 0.3 is 0 Å². The molecule has 0 fully saturated rings. The molecule has 0 amide bonds. The van der Waals surface area contributed by atoms with E-state index in [0.29, 0.717) is 27.7 Å². The number of aromatic nitrogens is 5. The minimum absolute atomic E-state index is 0.0601. The molecule has 0 aliphatic heterocycles. The van der Waals surface area contributed by atoms with Gasteiger partial charge in [-0.25, -0.2) is 4.98 Å². The Kier molecular flexibility index (Phi) is 4.56. The zero-order chi connectivity index (χ0) is 17.2. The minimum Gasteiger partial charge on any atom is -0.338 e. The first kappa shape index (κ1) is 16.3. The van der Waals surface area contributed by atoms with E-state index in [9.17, 15) is 0 Å². The Hall–Kier alpha value is -2.16. The van der Waals surface area contributed by atoms with Crippen molar-refractivity contribution in [2.45, 2.75) is 17.3 Å². The summed E-state index contributed by atoms with van der Waals surface area (Å²) in [5, 5.41) is 14.4. The third kappa shape index (κ3) is 3.60. The van der Waals surface area contributed by atoms with E-state index < -0.39 is 0 Å². The van der Waals surface area contributed by atoms with E-state index in [4.69, 9.17) is 16.1 Å². The van der Waals surface area contributed by atoms with Crippen LogP contribution < -0.4 is 0 Å². The molecule has 1 aromatic carbocycles. The fraction of sp³-hybridized carbons (Fsp3) is 0.125. The van der Waals surface area contributed by atoms with Crippen molar-refractivity contribution in [2.75, 3.05) is 0 Å². The number of aromatic amines is 1. The Labute approximate surface area is 156 Å². The number of halogens is 1. The summed E-state index contributed by atoms with van der Waals surface area (Å²) >= 11 is 8.94. The zero-order valence-electron chi connectivity index (χ0n) is 13.0. The summed E-state index contributed by atoms with van der Waals surface area (Å²) in [6, 6.07) is 11.3. The Morgan fingerprint density at radius 1 is 1.20 bits per heavy atom. The molecule has 0 bridgehead atoms. The smallest absolute Gasteiger partial charge is 0.240 e. The maximum Gasteiger partial charge on any atom is 0.240 e. The first-order valence-electron chi connectivity index (χ1n) is 7.41. The molecule has 0 spiro atoms. The van der Waals surface area contributed by atoms with Gasteiger partial charge in [0.05, 0.1) is 10.1 Å². The monoisotopic (exact) mass is 389 g/mol. The average Bonchev–Trinajstić information content (AvgIpc) is 3.36. The van der Waals surface area contributed by atoms with Crippen molar-refractivity contribution in [1.29, 1.82) is 0 Å². The molecule has 1 unspecified atom stereocenters. The standard InChI is InChI=1S/C16H12ClN5OS2/c1-9(15-18-14(22-23-15)12-3-2-8-24-12)25-16-19-13(20-21-16)10-4-6-11(17)7-5-10/h2-9H,1H3,(H,19,20,21). The summed E-state index contributed by atoms with van der Waals surface area (Å²) in [7, 11) is 0. The van der Waals surface area contributed by atoms with Crippen LogP contribution in [0.25, 0.3) is 22.1 Å². The average molecular weight is 390 g/mol. The Bertz CT molecular complexity index is 965. The highest BCUT2D eigenvalue weighted by molar-refractivity contribution is 7.99. The number of thiophene rings is 1. The normalized spacial score (nSPS) is 12.4. The van der Waals surface area contributed by atoms with Crippen LogP contribution in [0.2, 0.25) is 5.02 Å². The van der Waals surface area contributed by atoms with E-state index in [1.807, 2.05) is 48.7 Å². The highest BCUT2D eigenvalue weighted by Crippen LogP contribution is 2.34. The van der Waals surface area contributed by atoms with Crippen LogP contribution in [0.15, 0.2) is 51.5 Å². The van der Waals surface area contributed by atoms with Gasteiger partial charge in [0.25, 0.3) is 0 Å². The van der Waals surface area contributed by atoms with Crippen molar-refractivity contribution in [1.82, 2.24) is 25.3 Å². The molecule has 1 atom stereocenters. The lowest BCUT2D eigenvalue weighted by atomic mass is 10.2. The zero-order valence-corrected chi connectivity index (χ0v) is 15.4. The van der Waals surface area contributed by atoms with Crippen LogP contribution in [0.3, 0.4) is 0 Å². The minimum atomic E-state index is -0.0601. The summed E-state index contributed by atoms with van der Waals surface area (Å²) in [5.41, 5.74) is 0.925. The van der Waals surface area contributed by atoms with Gasteiger partial charge in [-0.05, 0) is 42.6 Å². The second kappa shape index (κ2) is 6.99. The van der Waals surface area contributed by atoms with Crippen LogP contribution >= 0.6 is 34.7 Å². The first-order chi connectivity index (χ1) is 12.2. The first-order valence-corrected chi connectivity index (χ1v) is 9.55. The maximum atomic E-state index is 5.91. The van der Waals surface area contributed by atoms with Crippen molar-refractivity contribution < 1.29 is 4.52 Å². The van der Waals surface area contributed by atoms with E-state index in [-0.39, 0.29) is 5.25 Å². The van der Waals surface area contributed by atoms with E-state index in [1.165, 1.54) is 11.8 Å². The lowest BCUT2D eigenvalue weighted by molar-refractivity contribution is 0.381. The van der Waals surface area contributed by atoms with Gasteiger partial charge in [-0.2, -0.15) is 4.98 Å². The fourth-order valence-corrected chi connectivity index (χ4v) is 3.68. The van der Waals surface area contributed by atoms with Crippen LogP contribution in [0.4, 0.5) is 0 Å². The molecule has 0 radical (unpaired) electrons. The topological polar surface area (TPSA) is 80.5 Å². The molecule has 6 nitrogen and oxygen atoms in total. The number of nitrogens with one attached hydrogen (secondary N) is 1. The van der Waals surface area contributed by atoms with Gasteiger partial charge < -0.3 is 4.52 Å². The van der Waals surface area contributed by atoms with Crippen LogP contribution in [-0.4, -0.2) is 25.3 Å². The third-order valence-corrected chi connectivity index (χ3v) is 5.46. The van der Waals surface area contributed by atoms with Gasteiger partial charge in [0.1, 0.15) is 0 Å². The summed E-state index contributed by atoms with van der Waals surface area (Å²) < 4.78 is 5.37. The Morgan fingerprint density at radius 3 is 2.80 bits per heavy atom. The molecule has 4 rings (SSSR count). The largest absolute Gasteiger partial charge is 0.338 e. The number of H-pyrrole nitrogens is 1. The molecule has 4 aromatic rings. The Morgan fingerprint density at radius 2 is 2.04 bits per heavy atom. The molecule has 126 valence electrons. The summed E-state index contributed by atoms with van der Waals surface area (Å²) in [6.07, 6.45) is 0. The van der Waals surface area contributed by atoms with E-state index >= 15 is 0 Å². The second-order valence-electron chi connectivity index (χ2n) is 5.17. The summed E-state index contributed by atoms with van der Waals surface area (Å²) in [5.74, 6) is 1.84. The van der Waals surface area contributed by atoms with Crippen LogP contribution in [0.1, 0.15) is 18.1 Å². The van der Waals surface area contributed by atoms with E-state index in [1.54, 1.807) is 11.3 Å². The quantitative estimate of drug-likeness (QED) is 0.479. The number of benzene rings is 1. The molecular formula is C16H12ClN5OS2. The number of hydrogen-bond acceptors (Lipinski definition) is 7. The van der Waals surface area contributed by atoms with Crippen LogP contribution in [-0.2, 0) is 0 Å². The van der Waals surface area contributed by atoms with Crippen molar-refractivity contribution >= 4 is 34.7 Å². The Balaban J connectivity index is 1.48. The van der Waals surface area contributed by atoms with E-state index in [2.05, 4.69) is 25.3 Å². The second-order valence-corrected chi connectivity index (χ2v) is 7.86. The summed E-state index contributed by atoms with van der Waals surface area (Å²) in [4.78, 5) is 9.93. The van der Waals surface area contributed by atoms with Crippen molar-refractivity contribution in [2.24, 2.45) is 0 Å². The highest BCUT2D eigenvalue weighted by atomic mass is 35.5. The fourth-order valence-electron chi connectivity index (χ4n) is 2.15. The highest BCUT2D eigenvalue weighted by Gasteiger charge is 2.19. The molecule has 0 saturated carbocycles. The van der Waals surface area contributed by atoms with Crippen LogP contribution in [0, 0.1) is 0 Å². The molecule has 3 aromatic heterocycles. The van der Waals surface area contributed by atoms with E-state index in [0.717, 1.165) is 10.4 Å². The number of hydrogen-bond donors (Lipinski definition) is 1. The predicted molar refractivity (Wildman–Crippen MR) is 98.7 cm³/mol. The molecule has 3 heterocycles. The lowest BCUT2D eigenvalue weighted by Crippen LogP contribution is -1.90. The van der Waals surface area contributed by atoms with Gasteiger partial charge in [0.15, 0.2) is 5.82 Å². The summed E-state index contributed by atoms with van der Waals surface area (Å²) in [6.45, 7) is 1.98. The molecule has 1 N–H and O–H groups in total. The number of nitrogens with zero attached hydrogens (tertiary/aromatic N) is 4. The molecule has 0 aliphatic carbocycles. The van der Waals surface area contributed by atoms with Gasteiger partial charge in [-0.15, -0.1) is 16.4 Å². The number of rotatable bonds is 5. The van der Waals surface area contributed by atoms with Crippen molar-refractivity contribution in [3.05, 3.63) is 52.7 Å². The van der Waals surface area contributed by atoms with Gasteiger partial charge in [-0.3, -0.25) is 5.10 Å². The molecule has 0 saturated heterocycles. The number of thioether (sulfide) groups is 1. The van der Waals surface area contributed by atoms with Gasteiger partial charge in [0.2, 0.25) is 16.9 Å². The SMILES string of the molecule is CC(Sc1n[nH]c(-c2ccc(Cl)cc2)n1)c1nc(-c2cccs2)no1. The van der Waals surface area contributed by atoms with Crippen LogP contribution in [0.5, 0.6) is 0 Å². The van der Waals surface area contributed by atoms with Gasteiger partial charge in [0, 0.05) is 10.6 Å². The predicted octanol–water partition coefficient (Wildman–Crippen LogP) is 5.09. The lowest BCUT2D eigenvalue weighted by Gasteiger charge is -2.01. The van der Waals surface area contributed by atoms with Crippen molar-refractivity contribution in [3.63, 3.8) is 0 Å². The van der Waals surface area contributed by atoms with Crippen molar-refractivity contribution in [3.8, 4) is 22.1 Å². The third-order valence-electron chi connectivity index (χ3n) is 3.40. The molecule has 0 aliphatic rings. The maximum absolute atomic E-state index is 5.91. The molecule has 9 heteroatoms. The molecular weight excluding hydrogens is 378 g/mol. The molecule has 25 heavy (non-hydrogen) atoms. The van der Waals surface area contributed by atoms with Gasteiger partial charge in [-0.1, -0.05) is 34.6 Å².